The summed E-state index contributed by atoms with van der Waals surface area (Å²) in [7, 11) is 0. The van der Waals surface area contributed by atoms with Crippen LogP contribution >= 0.6 is 0 Å². The van der Waals surface area contributed by atoms with Crippen LogP contribution in [0.1, 0.15) is 6.42 Å². The van der Waals surface area contributed by atoms with Gasteiger partial charge in [-0.3, -0.25) is 4.79 Å². The van der Waals surface area contributed by atoms with Crippen molar-refractivity contribution in [1.29, 1.82) is 0 Å². The van der Waals surface area contributed by atoms with E-state index >= 15 is 0 Å². The highest BCUT2D eigenvalue weighted by Crippen LogP contribution is 2.44. The predicted molar refractivity (Wildman–Crippen MR) is 32.6 cm³/mol. The van der Waals surface area contributed by atoms with Crippen LogP contribution in [0.25, 0.3) is 0 Å². The van der Waals surface area contributed by atoms with E-state index in [0.29, 0.717) is 5.92 Å². The van der Waals surface area contributed by atoms with E-state index in [1.54, 1.807) is 0 Å². The van der Waals surface area contributed by atoms with Crippen molar-refractivity contribution in [3.05, 3.63) is 0 Å². The second-order valence-electron chi connectivity index (χ2n) is 2.95. The van der Waals surface area contributed by atoms with E-state index in [-0.39, 0.29) is 11.9 Å². The second-order valence-corrected chi connectivity index (χ2v) is 2.95. The molecule has 2 fully saturated rings. The number of nitrogens with one attached hydrogen (secondary N) is 1. The Labute approximate surface area is 53.6 Å². The van der Waals surface area contributed by atoms with Gasteiger partial charge in [0.2, 0.25) is 5.91 Å². The van der Waals surface area contributed by atoms with Gasteiger partial charge in [-0.2, -0.15) is 0 Å². The molecule has 1 amide bonds. The van der Waals surface area contributed by atoms with Gasteiger partial charge in [-0.1, -0.05) is 0 Å². The van der Waals surface area contributed by atoms with Crippen molar-refractivity contribution in [2.24, 2.45) is 17.6 Å². The Morgan fingerprint density at radius 2 is 2.44 bits per heavy atom. The van der Waals surface area contributed by atoms with Crippen LogP contribution in [-0.2, 0) is 4.79 Å². The molecule has 0 aromatic heterocycles. The zero-order chi connectivity index (χ0) is 6.43. The summed E-state index contributed by atoms with van der Waals surface area (Å²) in [6, 6.07) is -0.00463. The Morgan fingerprint density at radius 1 is 1.67 bits per heavy atom. The zero-order valence-electron chi connectivity index (χ0n) is 5.13. The topological polar surface area (TPSA) is 55.1 Å². The quantitative estimate of drug-likeness (QED) is 0.477. The lowest BCUT2D eigenvalue weighted by atomic mass is 10.2. The number of primary amides is 1. The van der Waals surface area contributed by atoms with E-state index in [0.717, 1.165) is 12.5 Å². The molecule has 2 aliphatic rings. The summed E-state index contributed by atoms with van der Waals surface area (Å²) in [5.74, 6) is 1.17. The van der Waals surface area contributed by atoms with Crippen molar-refractivity contribution in [1.82, 2.24) is 5.32 Å². The van der Waals surface area contributed by atoms with Crippen LogP contribution in [0.2, 0.25) is 0 Å². The molecule has 0 spiro atoms. The average Bonchev–Trinajstić information content (AvgIpc) is 2.43. The van der Waals surface area contributed by atoms with E-state index in [4.69, 9.17) is 5.73 Å². The largest absolute Gasteiger partial charge is 0.368 e. The number of rotatable bonds is 1. The van der Waals surface area contributed by atoms with Gasteiger partial charge in [0, 0.05) is 0 Å². The first-order valence-electron chi connectivity index (χ1n) is 3.32. The van der Waals surface area contributed by atoms with E-state index in [1.165, 1.54) is 6.42 Å². The minimum atomic E-state index is -0.181. The van der Waals surface area contributed by atoms with Crippen molar-refractivity contribution in [3.63, 3.8) is 0 Å². The third-order valence-corrected chi connectivity index (χ3v) is 2.31. The fourth-order valence-electron chi connectivity index (χ4n) is 1.66. The van der Waals surface area contributed by atoms with Crippen LogP contribution in [0, 0.1) is 11.8 Å². The molecule has 0 aromatic rings. The predicted octanol–water partition coefficient (Wildman–Crippen LogP) is -0.920. The lowest BCUT2D eigenvalue weighted by Gasteiger charge is -2.06. The summed E-state index contributed by atoms with van der Waals surface area (Å²) in [6.45, 7) is 0.998. The van der Waals surface area contributed by atoms with Gasteiger partial charge >= 0.3 is 0 Å². The minimum Gasteiger partial charge on any atom is -0.368 e. The minimum absolute atomic E-state index is 0.00463. The zero-order valence-corrected chi connectivity index (χ0v) is 5.13. The lowest BCUT2D eigenvalue weighted by Crippen LogP contribution is -2.39. The number of carbonyl (C=O) groups is 1. The van der Waals surface area contributed by atoms with Crippen LogP contribution < -0.4 is 11.1 Å². The van der Waals surface area contributed by atoms with Gasteiger partial charge < -0.3 is 11.1 Å². The normalized spacial score (nSPS) is 46.4. The molecule has 3 N–H and O–H groups in total. The van der Waals surface area contributed by atoms with Crippen LogP contribution in [0.5, 0.6) is 0 Å². The number of carbonyl (C=O) groups excluding carboxylic acids is 1. The van der Waals surface area contributed by atoms with Gasteiger partial charge in [0.15, 0.2) is 0 Å². The van der Waals surface area contributed by atoms with Gasteiger partial charge in [-0.25, -0.2) is 0 Å². The second kappa shape index (κ2) is 1.48. The summed E-state index contributed by atoms with van der Waals surface area (Å²) in [6.07, 6.45) is 1.21. The molecule has 1 aliphatic carbocycles. The molecule has 50 valence electrons. The summed E-state index contributed by atoms with van der Waals surface area (Å²) < 4.78 is 0. The molecule has 3 atom stereocenters. The monoisotopic (exact) mass is 126 g/mol. The standard InChI is InChI=1S/C6H10N2O/c7-6(9)5-4-1-3(4)2-8-5/h3-5,8H,1-2H2,(H2,7,9)/t3?,4-,5-/m0/s1. The van der Waals surface area contributed by atoms with Crippen LogP contribution in [0.4, 0.5) is 0 Å². The number of nitrogens with two attached hydrogens (primary N) is 1. The third kappa shape index (κ3) is 0.645. The summed E-state index contributed by atoms with van der Waals surface area (Å²) in [4.78, 5) is 10.6. The number of fused-ring (bicyclic) bond motifs is 1. The fourth-order valence-corrected chi connectivity index (χ4v) is 1.66. The van der Waals surface area contributed by atoms with Crippen molar-refractivity contribution >= 4 is 5.91 Å². The smallest absolute Gasteiger partial charge is 0.234 e. The maximum Gasteiger partial charge on any atom is 0.234 e. The van der Waals surface area contributed by atoms with Crippen molar-refractivity contribution in [2.75, 3.05) is 6.54 Å². The fraction of sp³-hybridized carbons (Fsp3) is 0.833. The summed E-state index contributed by atoms with van der Waals surface area (Å²) in [5, 5.41) is 3.08. The molecule has 3 nitrogen and oxygen atoms in total. The highest BCUT2D eigenvalue weighted by Gasteiger charge is 2.50. The van der Waals surface area contributed by atoms with Crippen LogP contribution in [-0.4, -0.2) is 18.5 Å². The van der Waals surface area contributed by atoms with Gasteiger partial charge in [-0.15, -0.1) is 0 Å². The highest BCUT2D eigenvalue weighted by atomic mass is 16.1. The summed E-state index contributed by atoms with van der Waals surface area (Å²) >= 11 is 0. The molecule has 3 heteroatoms. The SMILES string of the molecule is NC(=O)[C@H]1NCC2C[C@@H]21. The number of hydrogen-bond donors (Lipinski definition) is 2. The van der Waals surface area contributed by atoms with E-state index in [9.17, 15) is 4.79 Å². The molecule has 0 radical (unpaired) electrons. The third-order valence-electron chi connectivity index (χ3n) is 2.31. The van der Waals surface area contributed by atoms with Crippen LogP contribution in [0.3, 0.4) is 0 Å². The molecule has 2 rings (SSSR count). The Kier molecular flexibility index (Phi) is 0.858. The van der Waals surface area contributed by atoms with Crippen molar-refractivity contribution < 1.29 is 4.79 Å². The molecule has 1 unspecified atom stereocenters. The molecule has 1 heterocycles. The molecular formula is C6H10N2O. The first kappa shape index (κ1) is 5.23. The first-order chi connectivity index (χ1) is 4.29. The highest BCUT2D eigenvalue weighted by molar-refractivity contribution is 5.81. The van der Waals surface area contributed by atoms with Gasteiger partial charge in [0.25, 0.3) is 0 Å². The number of amides is 1. The van der Waals surface area contributed by atoms with Crippen LogP contribution in [0.15, 0.2) is 0 Å². The maximum absolute atomic E-state index is 10.6. The molecule has 0 aromatic carbocycles. The maximum atomic E-state index is 10.6. The molecular weight excluding hydrogens is 116 g/mol. The Balaban J connectivity index is 2.06. The van der Waals surface area contributed by atoms with Crippen molar-refractivity contribution in [2.45, 2.75) is 12.5 Å². The van der Waals surface area contributed by atoms with Gasteiger partial charge in [0.05, 0.1) is 6.04 Å². The molecule has 1 saturated carbocycles. The molecule has 9 heavy (non-hydrogen) atoms. The Bertz CT molecular complexity index is 157. The molecule has 1 saturated heterocycles. The van der Waals surface area contributed by atoms with Gasteiger partial charge in [-0.05, 0) is 24.8 Å². The van der Waals surface area contributed by atoms with Gasteiger partial charge in [0.1, 0.15) is 0 Å². The Hall–Kier alpha value is -0.570. The number of hydrogen-bond acceptors (Lipinski definition) is 2. The van der Waals surface area contributed by atoms with E-state index < -0.39 is 0 Å². The first-order valence-corrected chi connectivity index (χ1v) is 3.32. The number of piperidine rings is 1. The van der Waals surface area contributed by atoms with E-state index in [1.807, 2.05) is 0 Å². The average molecular weight is 126 g/mol. The van der Waals surface area contributed by atoms with E-state index in [2.05, 4.69) is 5.32 Å². The Morgan fingerprint density at radius 3 is 2.67 bits per heavy atom. The summed E-state index contributed by atoms with van der Waals surface area (Å²) in [5.41, 5.74) is 5.11. The van der Waals surface area contributed by atoms with Crippen molar-refractivity contribution in [3.8, 4) is 0 Å². The lowest BCUT2D eigenvalue weighted by molar-refractivity contribution is -0.120. The molecule has 1 aliphatic heterocycles. The molecule has 0 bridgehead atoms.